The van der Waals surface area contributed by atoms with Crippen LogP contribution in [0.3, 0.4) is 0 Å². The minimum absolute atomic E-state index is 0.0144. The molecular weight excluding hydrogens is 659 g/mol. The van der Waals surface area contributed by atoms with E-state index < -0.39 is 23.5 Å². The Balaban J connectivity index is 1.48. The van der Waals surface area contributed by atoms with Crippen LogP contribution in [0.1, 0.15) is 25.5 Å². The van der Waals surface area contributed by atoms with Gasteiger partial charge in [-0.2, -0.15) is 23.3 Å². The Morgan fingerprint density at radius 3 is 2.61 bits per heavy atom. The van der Waals surface area contributed by atoms with Gasteiger partial charge in [0.2, 0.25) is 5.91 Å². The Morgan fingerprint density at radius 2 is 1.93 bits per heavy atom. The molecule has 238 valence electrons. The van der Waals surface area contributed by atoms with E-state index >= 15 is 13.2 Å². The van der Waals surface area contributed by atoms with Crippen LogP contribution in [0, 0.1) is 0 Å². The molecule has 4 aromatic heterocycles. The summed E-state index contributed by atoms with van der Waals surface area (Å²) in [7, 11) is 0. The number of nitrogens with zero attached hydrogens (tertiary/aromatic N) is 7. The van der Waals surface area contributed by atoms with E-state index in [1.807, 2.05) is 24.8 Å². The topological polar surface area (TPSA) is 89.2 Å². The second-order valence-corrected chi connectivity index (χ2v) is 13.9. The molecule has 1 fully saturated rings. The van der Waals surface area contributed by atoms with Gasteiger partial charge in [0.05, 0.1) is 34.9 Å². The highest BCUT2D eigenvalue weighted by Gasteiger charge is 2.40. The molecule has 46 heavy (non-hydrogen) atoms. The number of benzene rings is 1. The van der Waals surface area contributed by atoms with Gasteiger partial charge in [-0.3, -0.25) is 9.36 Å². The molecule has 0 saturated carbocycles. The smallest absolute Gasteiger partial charge is 0.352 e. The van der Waals surface area contributed by atoms with Gasteiger partial charge >= 0.3 is 11.9 Å². The molecule has 0 unspecified atom stereocenters. The fourth-order valence-electron chi connectivity index (χ4n) is 6.63. The minimum atomic E-state index is -4.72. The number of aromatic nitrogens is 5. The molecular formula is C31H27ClF3N7O2S2. The van der Waals surface area contributed by atoms with Crippen LogP contribution in [-0.4, -0.2) is 66.0 Å². The van der Waals surface area contributed by atoms with E-state index in [0.29, 0.717) is 31.7 Å². The summed E-state index contributed by atoms with van der Waals surface area (Å²) in [6, 6.07) is 5.29. The van der Waals surface area contributed by atoms with Crippen LogP contribution in [0.4, 0.5) is 19.0 Å². The molecule has 0 bridgehead atoms. The molecule has 6 heterocycles. The van der Waals surface area contributed by atoms with Crippen molar-refractivity contribution in [3.63, 3.8) is 0 Å². The Morgan fingerprint density at radius 1 is 1.17 bits per heavy atom. The first-order chi connectivity index (χ1) is 22.0. The zero-order valence-electron chi connectivity index (χ0n) is 24.7. The van der Waals surface area contributed by atoms with E-state index in [-0.39, 0.29) is 54.4 Å². The fraction of sp³-hybridized carbons (Fsp3) is 0.323. The van der Waals surface area contributed by atoms with E-state index in [2.05, 4.69) is 21.6 Å². The standard InChI is InChI=1S/C31H27ClF3N7O2S2/c1-4-24(43)41-16(2)11-39(12-17(41)3)29-21-9-22(31(33,34)35)25(23-8-19(32)14-45-23)27-26(21)40(30(44)38-29)13-20(15-46-27)42-28-18(10-37-42)6-5-7-36-28/h4-10,14,16-17,20H,1,11-13,15H2,2-3H3/t16-,17+,20-/m0/s1. The number of hydrogen-bond acceptors (Lipinski definition) is 8. The second-order valence-electron chi connectivity index (χ2n) is 11.5. The maximum absolute atomic E-state index is 15.0. The minimum Gasteiger partial charge on any atom is -0.352 e. The van der Waals surface area contributed by atoms with Crippen LogP contribution < -0.4 is 10.6 Å². The average molecular weight is 686 g/mol. The number of piperazine rings is 1. The molecule has 2 aliphatic rings. The van der Waals surface area contributed by atoms with Crippen LogP contribution in [0.15, 0.2) is 64.4 Å². The van der Waals surface area contributed by atoms with E-state index in [1.54, 1.807) is 33.4 Å². The molecule has 3 atom stereocenters. The van der Waals surface area contributed by atoms with Crippen molar-refractivity contribution in [2.45, 2.75) is 49.6 Å². The summed E-state index contributed by atoms with van der Waals surface area (Å²) in [4.78, 5) is 39.7. The van der Waals surface area contributed by atoms with Gasteiger partial charge in [-0.25, -0.2) is 14.5 Å². The summed E-state index contributed by atoms with van der Waals surface area (Å²) in [6.07, 6.45) is -0.138. The maximum atomic E-state index is 15.0. The molecule has 1 saturated heterocycles. The predicted molar refractivity (Wildman–Crippen MR) is 175 cm³/mol. The van der Waals surface area contributed by atoms with Crippen LogP contribution in [0.2, 0.25) is 5.02 Å². The van der Waals surface area contributed by atoms with Gasteiger partial charge in [-0.05, 0) is 44.2 Å². The van der Waals surface area contributed by atoms with Crippen LogP contribution in [0.25, 0.3) is 32.4 Å². The highest BCUT2D eigenvalue weighted by Crippen LogP contribution is 2.50. The number of alkyl halides is 3. The largest absolute Gasteiger partial charge is 0.417 e. The lowest BCUT2D eigenvalue weighted by molar-refractivity contribution is -0.137. The lowest BCUT2D eigenvalue weighted by atomic mass is 10.0. The normalized spacial score (nSPS) is 20.3. The monoisotopic (exact) mass is 685 g/mol. The first-order valence-electron chi connectivity index (χ1n) is 14.5. The van der Waals surface area contributed by atoms with Crippen molar-refractivity contribution in [1.82, 2.24) is 29.2 Å². The van der Waals surface area contributed by atoms with Gasteiger partial charge < -0.3 is 9.80 Å². The summed E-state index contributed by atoms with van der Waals surface area (Å²) in [5, 5.41) is 7.50. The summed E-state index contributed by atoms with van der Waals surface area (Å²) in [6.45, 7) is 7.98. The molecule has 0 N–H and O–H groups in total. The third kappa shape index (κ3) is 5.06. The Hall–Kier alpha value is -3.88. The lowest BCUT2D eigenvalue weighted by Gasteiger charge is -2.44. The number of hydrogen-bond donors (Lipinski definition) is 0. The van der Waals surface area contributed by atoms with Crippen LogP contribution in [-0.2, 0) is 17.5 Å². The van der Waals surface area contributed by atoms with E-state index in [1.165, 1.54) is 28.5 Å². The quantitative estimate of drug-likeness (QED) is 0.200. The first kappa shape index (κ1) is 30.8. The van der Waals surface area contributed by atoms with Gasteiger partial charge in [0, 0.05) is 68.6 Å². The van der Waals surface area contributed by atoms with Crippen molar-refractivity contribution in [3.8, 4) is 10.4 Å². The van der Waals surface area contributed by atoms with Crippen molar-refractivity contribution < 1.29 is 18.0 Å². The SMILES string of the molecule is C=CC(=O)N1[C@H](C)CN(c2nc(=O)n3c4c(c(-c5cc(Cl)cs5)c(C(F)(F)F)cc24)SC[C@@H](n2ncc4cccnc42)C3)C[C@@H]1C. The number of fused-ring (bicyclic) bond motifs is 1. The van der Waals surface area contributed by atoms with E-state index in [9.17, 15) is 9.59 Å². The number of carbonyl (C=O) groups excluding carboxylic acids is 1. The molecule has 7 rings (SSSR count). The van der Waals surface area contributed by atoms with Gasteiger partial charge in [0.15, 0.2) is 5.65 Å². The number of rotatable bonds is 4. The molecule has 1 aromatic carbocycles. The number of amides is 1. The average Bonchev–Trinajstić information content (AvgIpc) is 3.59. The summed E-state index contributed by atoms with van der Waals surface area (Å²) in [5.74, 6) is 0.249. The zero-order chi connectivity index (χ0) is 32.5. The highest BCUT2D eigenvalue weighted by atomic mass is 35.5. The lowest BCUT2D eigenvalue weighted by Crippen LogP contribution is -2.58. The zero-order valence-corrected chi connectivity index (χ0v) is 27.1. The maximum Gasteiger partial charge on any atom is 0.417 e. The summed E-state index contributed by atoms with van der Waals surface area (Å²) < 4.78 is 48.3. The first-order valence-corrected chi connectivity index (χ1v) is 16.7. The Labute approximate surface area is 274 Å². The van der Waals surface area contributed by atoms with Gasteiger partial charge in [0.25, 0.3) is 0 Å². The number of pyridine rings is 1. The number of carbonyl (C=O) groups is 1. The van der Waals surface area contributed by atoms with E-state index in [0.717, 1.165) is 22.8 Å². The number of halogens is 4. The van der Waals surface area contributed by atoms with Crippen molar-refractivity contribution in [1.29, 1.82) is 0 Å². The molecule has 2 aliphatic heterocycles. The molecule has 9 nitrogen and oxygen atoms in total. The van der Waals surface area contributed by atoms with Gasteiger partial charge in [0.1, 0.15) is 5.82 Å². The van der Waals surface area contributed by atoms with Crippen LogP contribution >= 0.6 is 34.7 Å². The molecule has 15 heteroatoms. The van der Waals surface area contributed by atoms with E-state index in [4.69, 9.17) is 11.6 Å². The molecule has 0 radical (unpaired) electrons. The molecule has 5 aromatic rings. The number of anilines is 1. The summed E-state index contributed by atoms with van der Waals surface area (Å²) >= 11 is 8.61. The van der Waals surface area contributed by atoms with Crippen LogP contribution in [0.5, 0.6) is 0 Å². The Bertz CT molecular complexity index is 2080. The third-order valence-corrected chi connectivity index (χ3v) is 11.0. The van der Waals surface area contributed by atoms with Gasteiger partial charge in [-0.1, -0.05) is 18.2 Å². The highest BCUT2D eigenvalue weighted by molar-refractivity contribution is 7.99. The van der Waals surface area contributed by atoms with Crippen molar-refractivity contribution >= 4 is 68.4 Å². The third-order valence-electron chi connectivity index (χ3n) is 8.48. The van der Waals surface area contributed by atoms with Crippen molar-refractivity contribution in [2.75, 3.05) is 23.7 Å². The Kier molecular flexibility index (Phi) is 7.64. The molecule has 0 spiro atoms. The van der Waals surface area contributed by atoms with Gasteiger partial charge in [-0.15, -0.1) is 23.1 Å². The fourth-order valence-corrected chi connectivity index (χ4v) is 9.16. The predicted octanol–water partition coefficient (Wildman–Crippen LogP) is 6.50. The van der Waals surface area contributed by atoms with Crippen molar-refractivity contribution in [3.05, 3.63) is 75.8 Å². The van der Waals surface area contributed by atoms with Crippen molar-refractivity contribution in [2.24, 2.45) is 0 Å². The second kappa shape index (κ2) is 11.4. The number of thiophene rings is 1. The molecule has 0 aliphatic carbocycles. The summed E-state index contributed by atoms with van der Waals surface area (Å²) in [5.41, 5.74) is -0.436. The molecule has 1 amide bonds. The number of thioether (sulfide) groups is 1.